The van der Waals surface area contributed by atoms with E-state index in [1.807, 2.05) is 0 Å². The molecule has 1 heterocycles. The lowest BCUT2D eigenvalue weighted by Gasteiger charge is -2.27. The molecule has 1 aliphatic carbocycles. The van der Waals surface area contributed by atoms with Crippen molar-refractivity contribution >= 4 is 21.8 Å². The SMILES string of the molecule is O=C(Cn1cc(Br)ccc1=O)NCC1CCCCC1O. The molecule has 1 fully saturated rings. The van der Waals surface area contributed by atoms with E-state index in [0.29, 0.717) is 6.54 Å². The molecule has 2 rings (SSSR count). The summed E-state index contributed by atoms with van der Waals surface area (Å²) in [6, 6.07) is 3.07. The van der Waals surface area contributed by atoms with Crippen LogP contribution in [0.2, 0.25) is 0 Å². The molecular formula is C14H19BrN2O3. The van der Waals surface area contributed by atoms with E-state index >= 15 is 0 Å². The van der Waals surface area contributed by atoms with Gasteiger partial charge in [0.05, 0.1) is 6.10 Å². The predicted molar refractivity (Wildman–Crippen MR) is 79.4 cm³/mol. The maximum Gasteiger partial charge on any atom is 0.251 e. The van der Waals surface area contributed by atoms with Crippen LogP contribution in [0.15, 0.2) is 27.6 Å². The average molecular weight is 343 g/mol. The minimum Gasteiger partial charge on any atom is -0.393 e. The fourth-order valence-electron chi connectivity index (χ4n) is 2.51. The molecule has 1 aromatic heterocycles. The summed E-state index contributed by atoms with van der Waals surface area (Å²) in [7, 11) is 0. The number of carbonyl (C=O) groups excluding carboxylic acids is 1. The van der Waals surface area contributed by atoms with E-state index in [1.54, 1.807) is 12.3 Å². The summed E-state index contributed by atoms with van der Waals surface area (Å²) in [6.07, 6.45) is 5.18. The van der Waals surface area contributed by atoms with Gasteiger partial charge in [-0.05, 0) is 34.8 Å². The van der Waals surface area contributed by atoms with Crippen molar-refractivity contribution in [3.8, 4) is 0 Å². The summed E-state index contributed by atoms with van der Waals surface area (Å²) in [4.78, 5) is 23.4. The van der Waals surface area contributed by atoms with E-state index in [4.69, 9.17) is 0 Å². The van der Waals surface area contributed by atoms with Gasteiger partial charge in [-0.25, -0.2) is 0 Å². The van der Waals surface area contributed by atoms with Crippen molar-refractivity contribution in [3.05, 3.63) is 33.2 Å². The first-order valence-corrected chi connectivity index (χ1v) is 7.66. The normalized spacial score (nSPS) is 22.5. The Morgan fingerprint density at radius 1 is 1.40 bits per heavy atom. The molecule has 20 heavy (non-hydrogen) atoms. The van der Waals surface area contributed by atoms with E-state index in [9.17, 15) is 14.7 Å². The van der Waals surface area contributed by atoms with E-state index in [0.717, 1.165) is 30.2 Å². The number of hydrogen-bond acceptors (Lipinski definition) is 3. The molecule has 0 aliphatic heterocycles. The summed E-state index contributed by atoms with van der Waals surface area (Å²) in [5, 5.41) is 12.6. The Labute approximate surface area is 126 Å². The van der Waals surface area contributed by atoms with Gasteiger partial charge in [0.15, 0.2) is 0 Å². The van der Waals surface area contributed by atoms with E-state index in [-0.39, 0.29) is 30.0 Å². The van der Waals surface area contributed by atoms with Gasteiger partial charge >= 0.3 is 0 Å². The third-order valence-corrected chi connectivity index (χ3v) is 4.16. The second-order valence-electron chi connectivity index (χ2n) is 5.23. The van der Waals surface area contributed by atoms with Crippen molar-refractivity contribution in [1.82, 2.24) is 9.88 Å². The Morgan fingerprint density at radius 3 is 2.90 bits per heavy atom. The molecule has 1 aromatic rings. The number of aliphatic hydroxyl groups is 1. The van der Waals surface area contributed by atoms with Gasteiger partial charge in [-0.1, -0.05) is 12.8 Å². The second-order valence-corrected chi connectivity index (χ2v) is 6.15. The van der Waals surface area contributed by atoms with E-state index in [1.165, 1.54) is 10.6 Å². The van der Waals surface area contributed by atoms with Gasteiger partial charge in [0.2, 0.25) is 5.91 Å². The van der Waals surface area contributed by atoms with Gasteiger partial charge < -0.3 is 15.0 Å². The zero-order valence-corrected chi connectivity index (χ0v) is 12.8. The summed E-state index contributed by atoms with van der Waals surface area (Å²) >= 11 is 3.27. The van der Waals surface area contributed by atoms with Gasteiger partial charge in [0, 0.05) is 29.2 Å². The molecule has 0 aromatic carbocycles. The number of aromatic nitrogens is 1. The summed E-state index contributed by atoms with van der Waals surface area (Å²) in [5.41, 5.74) is -0.207. The highest BCUT2D eigenvalue weighted by molar-refractivity contribution is 9.10. The zero-order valence-electron chi connectivity index (χ0n) is 11.2. The van der Waals surface area contributed by atoms with Gasteiger partial charge in [-0.3, -0.25) is 9.59 Å². The highest BCUT2D eigenvalue weighted by Gasteiger charge is 2.23. The highest BCUT2D eigenvalue weighted by atomic mass is 79.9. The molecule has 1 amide bonds. The molecule has 5 nitrogen and oxygen atoms in total. The van der Waals surface area contributed by atoms with Crippen molar-refractivity contribution in [3.63, 3.8) is 0 Å². The third kappa shape index (κ3) is 4.18. The van der Waals surface area contributed by atoms with E-state index < -0.39 is 0 Å². The molecule has 0 spiro atoms. The molecule has 2 unspecified atom stereocenters. The molecule has 1 saturated carbocycles. The van der Waals surface area contributed by atoms with Crippen molar-refractivity contribution in [2.75, 3.05) is 6.54 Å². The lowest BCUT2D eigenvalue weighted by atomic mass is 9.86. The highest BCUT2D eigenvalue weighted by Crippen LogP contribution is 2.23. The number of hydrogen-bond donors (Lipinski definition) is 2. The number of halogens is 1. The maximum absolute atomic E-state index is 11.9. The first-order valence-electron chi connectivity index (χ1n) is 6.87. The number of nitrogens with zero attached hydrogens (tertiary/aromatic N) is 1. The summed E-state index contributed by atoms with van der Waals surface area (Å²) in [5.74, 6) is -0.0742. The Balaban J connectivity index is 1.86. The summed E-state index contributed by atoms with van der Waals surface area (Å²) < 4.78 is 2.11. The monoisotopic (exact) mass is 342 g/mol. The molecule has 6 heteroatoms. The summed E-state index contributed by atoms with van der Waals surface area (Å²) in [6.45, 7) is 0.476. The minimum absolute atomic E-state index is 0.00108. The first-order chi connectivity index (χ1) is 9.56. The van der Waals surface area contributed by atoms with Crippen LogP contribution in [-0.2, 0) is 11.3 Å². The smallest absolute Gasteiger partial charge is 0.251 e. The largest absolute Gasteiger partial charge is 0.393 e. The molecule has 0 saturated heterocycles. The molecule has 2 atom stereocenters. The fraction of sp³-hybridized carbons (Fsp3) is 0.571. The Morgan fingerprint density at radius 2 is 2.15 bits per heavy atom. The van der Waals surface area contributed by atoms with Crippen LogP contribution in [0.25, 0.3) is 0 Å². The van der Waals surface area contributed by atoms with Crippen molar-refractivity contribution in [2.45, 2.75) is 38.3 Å². The second kappa shape index (κ2) is 7.04. The molecular weight excluding hydrogens is 324 g/mol. The van der Waals surface area contributed by atoms with Crippen LogP contribution in [0.4, 0.5) is 0 Å². The Bertz CT molecular complexity index is 529. The molecule has 110 valence electrons. The van der Waals surface area contributed by atoms with Crippen LogP contribution in [0.3, 0.4) is 0 Å². The van der Waals surface area contributed by atoms with Crippen LogP contribution >= 0.6 is 15.9 Å². The van der Waals surface area contributed by atoms with Crippen molar-refractivity contribution < 1.29 is 9.90 Å². The maximum atomic E-state index is 11.9. The fourth-order valence-corrected chi connectivity index (χ4v) is 2.89. The quantitative estimate of drug-likeness (QED) is 0.865. The number of carbonyl (C=O) groups is 1. The lowest BCUT2D eigenvalue weighted by molar-refractivity contribution is -0.122. The first kappa shape index (κ1) is 15.3. The predicted octanol–water partition coefficient (Wildman–Crippen LogP) is 1.28. The van der Waals surface area contributed by atoms with Crippen molar-refractivity contribution in [2.24, 2.45) is 5.92 Å². The third-order valence-electron chi connectivity index (χ3n) is 3.69. The minimum atomic E-state index is -0.322. The zero-order chi connectivity index (χ0) is 14.5. The van der Waals surface area contributed by atoms with E-state index in [2.05, 4.69) is 21.2 Å². The van der Waals surface area contributed by atoms with Crippen molar-refractivity contribution in [1.29, 1.82) is 0 Å². The molecule has 2 N–H and O–H groups in total. The molecule has 0 bridgehead atoms. The van der Waals surface area contributed by atoms with Crippen LogP contribution in [0.5, 0.6) is 0 Å². The van der Waals surface area contributed by atoms with Gasteiger partial charge in [-0.2, -0.15) is 0 Å². The number of rotatable bonds is 4. The topological polar surface area (TPSA) is 71.3 Å². The Kier molecular flexibility index (Phi) is 5.37. The van der Waals surface area contributed by atoms with Crippen LogP contribution in [0.1, 0.15) is 25.7 Å². The van der Waals surface area contributed by atoms with Crippen LogP contribution in [0, 0.1) is 5.92 Å². The Hall–Kier alpha value is -1.14. The number of pyridine rings is 1. The lowest BCUT2D eigenvalue weighted by Crippen LogP contribution is -2.39. The standard InChI is InChI=1S/C14H19BrN2O3/c15-11-5-6-14(20)17(8-11)9-13(19)16-7-10-3-1-2-4-12(10)18/h5-6,8,10,12,18H,1-4,7,9H2,(H,16,19). The van der Waals surface area contributed by atoms with Gasteiger partial charge in [0.25, 0.3) is 5.56 Å². The van der Waals surface area contributed by atoms with Gasteiger partial charge in [-0.15, -0.1) is 0 Å². The molecule has 0 radical (unpaired) electrons. The molecule has 1 aliphatic rings. The number of nitrogens with one attached hydrogen (secondary N) is 1. The number of amides is 1. The van der Waals surface area contributed by atoms with Gasteiger partial charge in [0.1, 0.15) is 6.54 Å². The van der Waals surface area contributed by atoms with Crippen LogP contribution in [-0.4, -0.2) is 28.2 Å². The van der Waals surface area contributed by atoms with Crippen LogP contribution < -0.4 is 10.9 Å². The number of aliphatic hydroxyl groups excluding tert-OH is 1. The average Bonchev–Trinajstić information content (AvgIpc) is 2.42.